The molecule has 0 aliphatic rings. The molecule has 3 heteroatoms. The van der Waals surface area contributed by atoms with Crippen LogP contribution in [0.2, 0.25) is 0 Å². The summed E-state index contributed by atoms with van der Waals surface area (Å²) < 4.78 is 26.9. The number of benzene rings is 2. The summed E-state index contributed by atoms with van der Waals surface area (Å²) >= 11 is 0. The lowest BCUT2D eigenvalue weighted by Gasteiger charge is -2.18. The van der Waals surface area contributed by atoms with E-state index in [1.807, 2.05) is 13.0 Å². The molecule has 1 atom stereocenters. The number of aryl methyl sites for hydroxylation is 1. The van der Waals surface area contributed by atoms with Gasteiger partial charge in [-0.3, -0.25) is 0 Å². The third-order valence-electron chi connectivity index (χ3n) is 3.36. The van der Waals surface area contributed by atoms with Crippen LogP contribution in [0.1, 0.15) is 22.7 Å². The molecule has 100 valence electrons. The van der Waals surface area contributed by atoms with E-state index < -0.39 is 0 Å². The average molecular weight is 261 g/mol. The van der Waals surface area contributed by atoms with Crippen LogP contribution in [0.3, 0.4) is 0 Å². The van der Waals surface area contributed by atoms with E-state index in [0.717, 1.165) is 11.1 Å². The van der Waals surface area contributed by atoms with Crippen molar-refractivity contribution in [3.05, 3.63) is 70.8 Å². The quantitative estimate of drug-likeness (QED) is 0.883. The molecule has 0 aliphatic heterocycles. The third-order valence-corrected chi connectivity index (χ3v) is 3.36. The van der Waals surface area contributed by atoms with Crippen LogP contribution in [0, 0.1) is 18.6 Å². The van der Waals surface area contributed by atoms with Gasteiger partial charge in [0.2, 0.25) is 0 Å². The minimum atomic E-state index is -0.242. The molecule has 2 aromatic rings. The van der Waals surface area contributed by atoms with Crippen molar-refractivity contribution in [3.8, 4) is 0 Å². The van der Waals surface area contributed by atoms with Gasteiger partial charge in [0.1, 0.15) is 11.6 Å². The number of hydrogen-bond donors (Lipinski definition) is 1. The Labute approximate surface area is 112 Å². The fourth-order valence-corrected chi connectivity index (χ4v) is 2.23. The number of hydrogen-bond acceptors (Lipinski definition) is 1. The molecule has 0 amide bonds. The monoisotopic (exact) mass is 261 g/mol. The molecule has 2 rings (SSSR count). The van der Waals surface area contributed by atoms with Gasteiger partial charge in [0.05, 0.1) is 0 Å². The first-order valence-electron chi connectivity index (χ1n) is 6.28. The van der Waals surface area contributed by atoms with E-state index in [0.29, 0.717) is 12.0 Å². The third kappa shape index (κ3) is 3.18. The second-order valence-corrected chi connectivity index (χ2v) is 4.64. The molecule has 1 N–H and O–H groups in total. The highest BCUT2D eigenvalue weighted by molar-refractivity contribution is 5.30. The zero-order chi connectivity index (χ0) is 13.8. The van der Waals surface area contributed by atoms with Gasteiger partial charge in [-0.25, -0.2) is 8.78 Å². The van der Waals surface area contributed by atoms with Gasteiger partial charge in [-0.15, -0.1) is 0 Å². The normalized spacial score (nSPS) is 12.4. The summed E-state index contributed by atoms with van der Waals surface area (Å²) in [5, 5.41) is 3.12. The van der Waals surface area contributed by atoms with Crippen molar-refractivity contribution in [2.24, 2.45) is 0 Å². The zero-order valence-electron chi connectivity index (χ0n) is 11.1. The Morgan fingerprint density at radius 1 is 1.11 bits per heavy atom. The van der Waals surface area contributed by atoms with Crippen LogP contribution >= 0.6 is 0 Å². The summed E-state index contributed by atoms with van der Waals surface area (Å²) in [5.41, 5.74) is 2.54. The minimum absolute atomic E-state index is 0.120. The Morgan fingerprint density at radius 3 is 2.47 bits per heavy atom. The highest BCUT2D eigenvalue weighted by Gasteiger charge is 2.15. The number of halogens is 2. The van der Waals surface area contributed by atoms with Gasteiger partial charge in [-0.2, -0.15) is 0 Å². The van der Waals surface area contributed by atoms with Crippen molar-refractivity contribution < 1.29 is 8.78 Å². The Morgan fingerprint density at radius 2 is 1.84 bits per heavy atom. The summed E-state index contributed by atoms with van der Waals surface area (Å²) in [6.45, 7) is 1.87. The number of rotatable bonds is 4. The Balaban J connectivity index is 2.27. The van der Waals surface area contributed by atoms with Crippen molar-refractivity contribution in [1.82, 2.24) is 5.32 Å². The van der Waals surface area contributed by atoms with E-state index in [-0.39, 0.29) is 17.7 Å². The Hall–Kier alpha value is -1.74. The molecule has 1 unspecified atom stereocenters. The van der Waals surface area contributed by atoms with Crippen molar-refractivity contribution >= 4 is 0 Å². The largest absolute Gasteiger partial charge is 0.313 e. The predicted molar refractivity (Wildman–Crippen MR) is 73.0 cm³/mol. The zero-order valence-corrected chi connectivity index (χ0v) is 11.1. The van der Waals surface area contributed by atoms with Gasteiger partial charge < -0.3 is 5.32 Å². The van der Waals surface area contributed by atoms with E-state index >= 15 is 0 Å². The molecule has 0 saturated heterocycles. The average Bonchev–Trinajstić information content (AvgIpc) is 2.39. The summed E-state index contributed by atoms with van der Waals surface area (Å²) in [7, 11) is 1.80. The molecule has 0 bridgehead atoms. The van der Waals surface area contributed by atoms with E-state index in [1.165, 1.54) is 18.2 Å². The lowest BCUT2D eigenvalue weighted by atomic mass is 9.96. The molecule has 0 fully saturated rings. The van der Waals surface area contributed by atoms with Crippen LogP contribution in [0.15, 0.2) is 42.5 Å². The van der Waals surface area contributed by atoms with E-state index in [2.05, 4.69) is 5.32 Å². The van der Waals surface area contributed by atoms with Gasteiger partial charge in [0.25, 0.3) is 0 Å². The van der Waals surface area contributed by atoms with Crippen molar-refractivity contribution in [2.45, 2.75) is 19.4 Å². The van der Waals surface area contributed by atoms with E-state index in [4.69, 9.17) is 0 Å². The van der Waals surface area contributed by atoms with Crippen LogP contribution in [0.25, 0.3) is 0 Å². The molecule has 19 heavy (non-hydrogen) atoms. The summed E-state index contributed by atoms with van der Waals surface area (Å²) in [6.07, 6.45) is 0.629. The molecule has 0 radical (unpaired) electrons. The highest BCUT2D eigenvalue weighted by atomic mass is 19.1. The SMILES string of the molecule is CNC(Cc1ccc(F)cc1C)c1ccccc1F. The summed E-state index contributed by atoms with van der Waals surface area (Å²) in [6, 6.07) is 11.3. The molecular formula is C16H17F2N. The second-order valence-electron chi connectivity index (χ2n) is 4.64. The van der Waals surface area contributed by atoms with Gasteiger partial charge in [-0.1, -0.05) is 24.3 Å². The first kappa shape index (κ1) is 13.7. The standard InChI is InChI=1S/C16H17F2N/c1-11-9-13(17)8-7-12(11)10-16(19-2)14-5-3-4-6-15(14)18/h3-9,16,19H,10H2,1-2H3. The van der Waals surface area contributed by atoms with Crippen LogP contribution in [0.4, 0.5) is 8.78 Å². The smallest absolute Gasteiger partial charge is 0.127 e. The molecular weight excluding hydrogens is 244 g/mol. The first-order chi connectivity index (χ1) is 9.11. The molecule has 0 aromatic heterocycles. The summed E-state index contributed by atoms with van der Waals surface area (Å²) in [4.78, 5) is 0. The van der Waals surface area contributed by atoms with E-state index in [1.54, 1.807) is 25.2 Å². The molecule has 0 saturated carbocycles. The molecule has 0 heterocycles. The van der Waals surface area contributed by atoms with Crippen LogP contribution in [-0.2, 0) is 6.42 Å². The molecule has 2 aromatic carbocycles. The van der Waals surface area contributed by atoms with Crippen LogP contribution in [0.5, 0.6) is 0 Å². The number of nitrogens with one attached hydrogen (secondary N) is 1. The first-order valence-corrected chi connectivity index (χ1v) is 6.28. The predicted octanol–water partition coefficient (Wildman–Crippen LogP) is 3.78. The topological polar surface area (TPSA) is 12.0 Å². The van der Waals surface area contributed by atoms with Crippen molar-refractivity contribution in [1.29, 1.82) is 0 Å². The fraction of sp³-hybridized carbons (Fsp3) is 0.250. The fourth-order valence-electron chi connectivity index (χ4n) is 2.23. The molecule has 0 spiro atoms. The maximum Gasteiger partial charge on any atom is 0.127 e. The van der Waals surface area contributed by atoms with Gasteiger partial charge in [-0.05, 0) is 49.7 Å². The maximum absolute atomic E-state index is 13.8. The lowest BCUT2D eigenvalue weighted by molar-refractivity contribution is 0.532. The Bertz CT molecular complexity index is 566. The van der Waals surface area contributed by atoms with Crippen molar-refractivity contribution in [3.63, 3.8) is 0 Å². The second kappa shape index (κ2) is 5.93. The molecule has 0 aliphatic carbocycles. The van der Waals surface area contributed by atoms with Crippen LogP contribution in [-0.4, -0.2) is 7.05 Å². The van der Waals surface area contributed by atoms with E-state index in [9.17, 15) is 8.78 Å². The number of likely N-dealkylation sites (N-methyl/N-ethyl adjacent to an activating group) is 1. The van der Waals surface area contributed by atoms with Gasteiger partial charge in [0.15, 0.2) is 0 Å². The van der Waals surface area contributed by atoms with Crippen molar-refractivity contribution in [2.75, 3.05) is 7.05 Å². The molecule has 1 nitrogen and oxygen atoms in total. The summed E-state index contributed by atoms with van der Waals surface area (Å²) in [5.74, 6) is -0.463. The Kier molecular flexibility index (Phi) is 4.27. The lowest BCUT2D eigenvalue weighted by Crippen LogP contribution is -2.20. The highest BCUT2D eigenvalue weighted by Crippen LogP contribution is 2.22. The van der Waals surface area contributed by atoms with Crippen LogP contribution < -0.4 is 5.32 Å². The van der Waals surface area contributed by atoms with Gasteiger partial charge >= 0.3 is 0 Å². The minimum Gasteiger partial charge on any atom is -0.313 e. The van der Waals surface area contributed by atoms with Gasteiger partial charge in [0, 0.05) is 11.6 Å². The maximum atomic E-state index is 13.8.